The number of hydrogen-bond donors (Lipinski definition) is 3. The number of fused-ring (bicyclic) bond motifs is 1. The Balaban J connectivity index is 1.78. The van der Waals surface area contributed by atoms with Crippen molar-refractivity contribution in [1.82, 2.24) is 5.32 Å². The topological polar surface area (TPSA) is 126 Å². The Morgan fingerprint density at radius 3 is 2.39 bits per heavy atom. The lowest BCUT2D eigenvalue weighted by molar-refractivity contribution is -0.143. The highest BCUT2D eigenvalue weighted by molar-refractivity contribution is 5.97. The Morgan fingerprint density at radius 1 is 1.06 bits per heavy atom. The molecule has 0 amide bonds. The molecule has 0 saturated carbocycles. The van der Waals surface area contributed by atoms with Crippen LogP contribution in [-0.2, 0) is 22.5 Å². The van der Waals surface area contributed by atoms with Crippen molar-refractivity contribution in [2.45, 2.75) is 19.0 Å². The fourth-order valence-corrected chi connectivity index (χ4v) is 3.96. The van der Waals surface area contributed by atoms with Gasteiger partial charge < -0.3 is 19.4 Å². The van der Waals surface area contributed by atoms with E-state index in [2.05, 4.69) is 5.32 Å². The zero-order chi connectivity index (χ0) is 25.8. The number of carbonyl (C=O) groups is 2. The van der Waals surface area contributed by atoms with Crippen LogP contribution in [0.1, 0.15) is 21.7 Å². The van der Waals surface area contributed by atoms with E-state index in [1.54, 1.807) is 0 Å². The maximum absolute atomic E-state index is 13.4. The average molecular weight is 491 g/mol. The first-order chi connectivity index (χ1) is 17.3. The monoisotopic (exact) mass is 491 g/mol. The van der Waals surface area contributed by atoms with Gasteiger partial charge in [0.25, 0.3) is 0 Å². The number of halogens is 1. The quantitative estimate of drug-likeness (QED) is 0.317. The number of aromatic carboxylic acids is 1. The van der Waals surface area contributed by atoms with Gasteiger partial charge in [-0.3, -0.25) is 14.9 Å². The van der Waals surface area contributed by atoms with E-state index in [0.29, 0.717) is 0 Å². The molecule has 3 N–H and O–H groups in total. The van der Waals surface area contributed by atoms with Crippen molar-refractivity contribution in [3.63, 3.8) is 0 Å². The standard InChI is InChI=1S/C27H22FNO7/c1-35-27(34)20(13-15-5-3-2-4-6-15)29-14-19-21(30)12-11-18-23(31)22(16-7-9-17(28)10-8-16)25(26(32)33)36-24(18)19/h2-12,20,29-30H,13-14H2,1H3,(H,32,33). The number of ether oxygens (including phenoxy) is 1. The van der Waals surface area contributed by atoms with Crippen molar-refractivity contribution < 1.29 is 33.3 Å². The molecule has 0 radical (unpaired) electrons. The lowest BCUT2D eigenvalue weighted by atomic mass is 10.00. The third-order valence-electron chi connectivity index (χ3n) is 5.76. The van der Waals surface area contributed by atoms with Crippen LogP contribution in [0.2, 0.25) is 0 Å². The van der Waals surface area contributed by atoms with Crippen LogP contribution in [0.25, 0.3) is 22.1 Å². The molecule has 0 bridgehead atoms. The van der Waals surface area contributed by atoms with Crippen LogP contribution in [0, 0.1) is 5.82 Å². The second kappa shape index (κ2) is 10.4. The van der Waals surface area contributed by atoms with Crippen LogP contribution >= 0.6 is 0 Å². The van der Waals surface area contributed by atoms with Gasteiger partial charge in [-0.2, -0.15) is 0 Å². The van der Waals surface area contributed by atoms with Crippen molar-refractivity contribution in [2.24, 2.45) is 0 Å². The third kappa shape index (κ3) is 4.96. The number of carboxylic acids is 1. The van der Waals surface area contributed by atoms with Crippen molar-refractivity contribution in [1.29, 1.82) is 0 Å². The molecule has 9 heteroatoms. The predicted octanol–water partition coefficient (Wildman–Crippen LogP) is 3.88. The highest BCUT2D eigenvalue weighted by Crippen LogP contribution is 2.31. The van der Waals surface area contributed by atoms with Gasteiger partial charge in [-0.05, 0) is 41.8 Å². The molecule has 1 atom stereocenters. The fraction of sp³-hybridized carbons (Fsp3) is 0.148. The molecular formula is C27H22FNO7. The van der Waals surface area contributed by atoms with Gasteiger partial charge in [0.1, 0.15) is 23.2 Å². The largest absolute Gasteiger partial charge is 0.507 e. The van der Waals surface area contributed by atoms with E-state index in [0.717, 1.165) is 17.7 Å². The molecule has 3 aromatic carbocycles. The Hall–Kier alpha value is -4.50. The third-order valence-corrected chi connectivity index (χ3v) is 5.76. The van der Waals surface area contributed by atoms with Gasteiger partial charge in [0.05, 0.1) is 23.6 Å². The number of esters is 1. The van der Waals surface area contributed by atoms with Crippen LogP contribution in [0.3, 0.4) is 0 Å². The van der Waals surface area contributed by atoms with E-state index in [9.17, 15) is 29.0 Å². The van der Waals surface area contributed by atoms with Crippen molar-refractivity contribution in [3.05, 3.63) is 99.7 Å². The maximum Gasteiger partial charge on any atom is 0.372 e. The first-order valence-electron chi connectivity index (χ1n) is 11.0. The molecule has 0 aliphatic rings. The van der Waals surface area contributed by atoms with Gasteiger partial charge in [-0.1, -0.05) is 42.5 Å². The number of hydrogen-bond acceptors (Lipinski definition) is 7. The summed E-state index contributed by atoms with van der Waals surface area (Å²) in [6, 6.07) is 15.8. The normalized spacial score (nSPS) is 11.8. The SMILES string of the molecule is COC(=O)C(Cc1ccccc1)NCc1c(O)ccc2c(=O)c(-c3ccc(F)cc3)c(C(=O)O)oc12. The summed E-state index contributed by atoms with van der Waals surface area (Å²) < 4.78 is 23.9. The molecule has 0 aliphatic heterocycles. The molecule has 8 nitrogen and oxygen atoms in total. The molecule has 4 aromatic rings. The molecule has 0 aliphatic carbocycles. The molecule has 184 valence electrons. The van der Waals surface area contributed by atoms with Crippen LogP contribution < -0.4 is 10.7 Å². The number of carboxylic acid groups (broad SMARTS) is 1. The van der Waals surface area contributed by atoms with Crippen molar-refractivity contribution in [3.8, 4) is 16.9 Å². The lowest BCUT2D eigenvalue weighted by Crippen LogP contribution is -2.39. The number of benzene rings is 3. The van der Waals surface area contributed by atoms with E-state index < -0.39 is 35.0 Å². The highest BCUT2D eigenvalue weighted by atomic mass is 19.1. The number of methoxy groups -OCH3 is 1. The zero-order valence-corrected chi connectivity index (χ0v) is 19.2. The van der Waals surface area contributed by atoms with E-state index in [1.807, 2.05) is 30.3 Å². The second-order valence-corrected chi connectivity index (χ2v) is 8.03. The lowest BCUT2D eigenvalue weighted by Gasteiger charge is -2.18. The predicted molar refractivity (Wildman–Crippen MR) is 129 cm³/mol. The van der Waals surface area contributed by atoms with E-state index in [4.69, 9.17) is 9.15 Å². The van der Waals surface area contributed by atoms with Gasteiger partial charge in [0.2, 0.25) is 11.2 Å². The van der Waals surface area contributed by atoms with E-state index >= 15 is 0 Å². The van der Waals surface area contributed by atoms with Crippen LogP contribution in [-0.4, -0.2) is 35.3 Å². The number of phenols is 1. The number of aromatic hydroxyl groups is 1. The summed E-state index contributed by atoms with van der Waals surface area (Å²) in [5.41, 5.74) is 0.0993. The minimum Gasteiger partial charge on any atom is -0.507 e. The molecule has 0 spiro atoms. The minimum atomic E-state index is -1.51. The Labute approximate surface area is 204 Å². The minimum absolute atomic E-state index is 0.0200. The van der Waals surface area contributed by atoms with Gasteiger partial charge in [0.15, 0.2) is 0 Å². The molecule has 1 heterocycles. The molecular weight excluding hydrogens is 469 g/mol. The second-order valence-electron chi connectivity index (χ2n) is 8.03. The first kappa shape index (κ1) is 24.6. The summed E-state index contributed by atoms with van der Waals surface area (Å²) in [5, 5.41) is 23.3. The number of phenolic OH excluding ortho intramolecular Hbond substituents is 1. The van der Waals surface area contributed by atoms with Crippen LogP contribution in [0.15, 0.2) is 75.9 Å². The number of rotatable bonds is 8. The molecule has 1 unspecified atom stereocenters. The summed E-state index contributed by atoms with van der Waals surface area (Å²) in [6.45, 7) is -0.131. The van der Waals surface area contributed by atoms with Gasteiger partial charge in [0, 0.05) is 6.54 Å². The summed E-state index contributed by atoms with van der Waals surface area (Å²) in [6.07, 6.45) is 0.290. The summed E-state index contributed by atoms with van der Waals surface area (Å²) in [7, 11) is 1.26. The molecule has 1 aromatic heterocycles. The van der Waals surface area contributed by atoms with E-state index in [1.165, 1.54) is 31.4 Å². The molecule has 36 heavy (non-hydrogen) atoms. The molecule has 0 fully saturated rings. The number of nitrogens with one attached hydrogen (secondary N) is 1. The Kier molecular flexibility index (Phi) is 7.12. The highest BCUT2D eigenvalue weighted by Gasteiger charge is 2.25. The summed E-state index contributed by atoms with van der Waals surface area (Å²) in [4.78, 5) is 37.7. The van der Waals surface area contributed by atoms with E-state index in [-0.39, 0.29) is 46.4 Å². The first-order valence-corrected chi connectivity index (χ1v) is 11.0. The van der Waals surface area contributed by atoms with Crippen LogP contribution in [0.5, 0.6) is 5.75 Å². The average Bonchev–Trinajstić information content (AvgIpc) is 2.88. The summed E-state index contributed by atoms with van der Waals surface area (Å²) in [5.74, 6) is -3.50. The van der Waals surface area contributed by atoms with Gasteiger partial charge in [-0.25, -0.2) is 9.18 Å². The number of carbonyl (C=O) groups excluding carboxylic acids is 1. The van der Waals surface area contributed by atoms with Crippen molar-refractivity contribution in [2.75, 3.05) is 7.11 Å². The smallest absolute Gasteiger partial charge is 0.372 e. The molecule has 4 rings (SSSR count). The molecule has 0 saturated heterocycles. The fourth-order valence-electron chi connectivity index (χ4n) is 3.96. The summed E-state index contributed by atoms with van der Waals surface area (Å²) >= 11 is 0. The van der Waals surface area contributed by atoms with Crippen molar-refractivity contribution >= 4 is 22.9 Å². The zero-order valence-electron chi connectivity index (χ0n) is 19.2. The Morgan fingerprint density at radius 2 is 1.75 bits per heavy atom. The maximum atomic E-state index is 13.4. The van der Waals surface area contributed by atoms with Gasteiger partial charge in [-0.15, -0.1) is 0 Å². The van der Waals surface area contributed by atoms with Crippen LogP contribution in [0.4, 0.5) is 4.39 Å². The van der Waals surface area contributed by atoms with Gasteiger partial charge >= 0.3 is 11.9 Å². The Bertz CT molecular complexity index is 1480.